The van der Waals surface area contributed by atoms with E-state index in [1.807, 2.05) is 73.7 Å². The fourth-order valence-corrected chi connectivity index (χ4v) is 3.27. The highest BCUT2D eigenvalue weighted by Gasteiger charge is 2.28. The Kier molecular flexibility index (Phi) is 5.61. The molecule has 5 N–H and O–H groups in total. The van der Waals surface area contributed by atoms with Gasteiger partial charge in [0.2, 0.25) is 17.8 Å². The van der Waals surface area contributed by atoms with Crippen molar-refractivity contribution < 1.29 is 9.59 Å². The zero-order valence-electron chi connectivity index (χ0n) is 16.9. The maximum atomic E-state index is 12.5. The molecule has 2 amide bonds. The molecule has 1 aliphatic rings. The van der Waals surface area contributed by atoms with Crippen LogP contribution in [0.15, 0.2) is 76.7 Å². The average Bonchev–Trinajstić information content (AvgIpc) is 3.08. The van der Waals surface area contributed by atoms with Crippen molar-refractivity contribution in [3.05, 3.63) is 72.3 Å². The molecular weight excluding hydrogens is 392 g/mol. The smallest absolute Gasteiger partial charge is 0.252 e. The second kappa shape index (κ2) is 8.66. The molecule has 1 heterocycles. The lowest BCUT2D eigenvalue weighted by Crippen LogP contribution is -2.32. The first-order chi connectivity index (χ1) is 15.0. The molecule has 0 bridgehead atoms. The second-order valence-corrected chi connectivity index (χ2v) is 7.22. The number of nitrogens with one attached hydrogen (secondary N) is 3. The molecule has 8 nitrogen and oxygen atoms in total. The number of guanidine groups is 2. The Morgan fingerprint density at radius 1 is 1.06 bits per heavy atom. The number of fused-ring (bicyclic) bond motifs is 1. The van der Waals surface area contributed by atoms with Crippen LogP contribution in [0.25, 0.3) is 10.8 Å². The average molecular weight is 414 g/mol. The van der Waals surface area contributed by atoms with Gasteiger partial charge in [0.1, 0.15) is 6.04 Å². The Morgan fingerprint density at radius 2 is 1.81 bits per heavy atom. The molecule has 156 valence electrons. The van der Waals surface area contributed by atoms with Gasteiger partial charge < -0.3 is 16.4 Å². The Labute approximate surface area is 179 Å². The van der Waals surface area contributed by atoms with Crippen molar-refractivity contribution in [2.24, 2.45) is 15.7 Å². The minimum atomic E-state index is -0.860. The number of aliphatic imine (C=N–C) groups is 2. The van der Waals surface area contributed by atoms with Gasteiger partial charge in [-0.2, -0.15) is 4.99 Å². The predicted molar refractivity (Wildman–Crippen MR) is 123 cm³/mol. The van der Waals surface area contributed by atoms with Crippen LogP contribution in [0.1, 0.15) is 12.0 Å². The summed E-state index contributed by atoms with van der Waals surface area (Å²) in [7, 11) is 0. The molecule has 1 atom stereocenters. The van der Waals surface area contributed by atoms with Gasteiger partial charge in [-0.3, -0.25) is 14.9 Å². The molecule has 0 radical (unpaired) electrons. The van der Waals surface area contributed by atoms with Gasteiger partial charge in [0.25, 0.3) is 5.91 Å². The van der Waals surface area contributed by atoms with Crippen molar-refractivity contribution in [1.82, 2.24) is 5.32 Å². The lowest BCUT2D eigenvalue weighted by Gasteiger charge is -2.09. The number of amides is 2. The minimum Gasteiger partial charge on any atom is -0.369 e. The molecule has 8 heteroatoms. The molecule has 0 aromatic heterocycles. The number of carbonyl (C=O) groups excluding carboxylic acids is 2. The summed E-state index contributed by atoms with van der Waals surface area (Å²) in [5, 5.41) is 10.3. The van der Waals surface area contributed by atoms with Crippen LogP contribution in [-0.2, 0) is 9.59 Å². The molecule has 0 unspecified atom stereocenters. The quantitative estimate of drug-likeness (QED) is 0.387. The molecule has 4 rings (SSSR count). The molecule has 3 aromatic rings. The van der Waals surface area contributed by atoms with E-state index in [0.717, 1.165) is 22.0 Å². The third-order valence-electron chi connectivity index (χ3n) is 4.81. The van der Waals surface area contributed by atoms with Gasteiger partial charge in [-0.1, -0.05) is 54.1 Å². The van der Waals surface area contributed by atoms with E-state index < -0.39 is 11.9 Å². The third-order valence-corrected chi connectivity index (χ3v) is 4.81. The van der Waals surface area contributed by atoms with Crippen molar-refractivity contribution >= 4 is 45.9 Å². The molecule has 0 aliphatic carbocycles. The minimum absolute atomic E-state index is 0.0741. The third kappa shape index (κ3) is 4.87. The van der Waals surface area contributed by atoms with E-state index in [0.29, 0.717) is 5.69 Å². The molecule has 3 aromatic carbocycles. The molecular formula is C23H22N6O2. The predicted octanol–water partition coefficient (Wildman–Crippen LogP) is 2.76. The van der Waals surface area contributed by atoms with Crippen LogP contribution in [-0.4, -0.2) is 29.8 Å². The van der Waals surface area contributed by atoms with Crippen LogP contribution in [0, 0.1) is 6.92 Å². The van der Waals surface area contributed by atoms with Gasteiger partial charge in [-0.15, -0.1) is 0 Å². The number of rotatable bonds is 4. The van der Waals surface area contributed by atoms with Crippen molar-refractivity contribution in [2.75, 3.05) is 10.6 Å². The number of anilines is 2. The molecule has 0 fully saturated rings. The van der Waals surface area contributed by atoms with Gasteiger partial charge in [0.15, 0.2) is 0 Å². The van der Waals surface area contributed by atoms with Crippen molar-refractivity contribution in [3.8, 4) is 0 Å². The maximum absolute atomic E-state index is 12.5. The van der Waals surface area contributed by atoms with Crippen molar-refractivity contribution in [1.29, 1.82) is 0 Å². The molecule has 31 heavy (non-hydrogen) atoms. The number of benzene rings is 3. The van der Waals surface area contributed by atoms with Crippen LogP contribution < -0.4 is 21.7 Å². The number of aryl methyl sites for hydroxylation is 1. The van der Waals surface area contributed by atoms with Crippen molar-refractivity contribution in [3.63, 3.8) is 0 Å². The summed E-state index contributed by atoms with van der Waals surface area (Å²) >= 11 is 0. The monoisotopic (exact) mass is 414 g/mol. The summed E-state index contributed by atoms with van der Waals surface area (Å²) in [5.74, 6) is -0.542. The summed E-state index contributed by atoms with van der Waals surface area (Å²) in [6.07, 6.45) is -0.0978. The Hall–Kier alpha value is -4.20. The van der Waals surface area contributed by atoms with E-state index in [2.05, 4.69) is 25.9 Å². The second-order valence-electron chi connectivity index (χ2n) is 7.22. The fraction of sp³-hybridized carbons (Fsp3) is 0.130. The number of nitrogens with two attached hydrogens (primary N) is 1. The van der Waals surface area contributed by atoms with Crippen LogP contribution in [0.4, 0.5) is 11.4 Å². The number of carbonyl (C=O) groups is 2. The van der Waals surface area contributed by atoms with Crippen LogP contribution in [0.5, 0.6) is 0 Å². The van der Waals surface area contributed by atoms with Crippen LogP contribution >= 0.6 is 0 Å². The van der Waals surface area contributed by atoms with Gasteiger partial charge in [-0.25, -0.2) is 4.99 Å². The topological polar surface area (TPSA) is 121 Å². The Balaban J connectivity index is 1.41. The molecule has 1 aliphatic heterocycles. The normalized spacial score (nSPS) is 16.0. The van der Waals surface area contributed by atoms with E-state index in [1.165, 1.54) is 0 Å². The zero-order valence-corrected chi connectivity index (χ0v) is 16.9. The molecule has 0 spiro atoms. The largest absolute Gasteiger partial charge is 0.369 e. The summed E-state index contributed by atoms with van der Waals surface area (Å²) in [6, 6.07) is 20.2. The molecule has 0 saturated carbocycles. The maximum Gasteiger partial charge on any atom is 0.252 e. The first kappa shape index (κ1) is 20.1. The SMILES string of the molecule is Cc1ccc(NC(N)=NC2=N[C@H](CC(=O)Nc3cccc4ccccc34)C(=O)N2)cc1. The van der Waals surface area contributed by atoms with E-state index in [-0.39, 0.29) is 24.2 Å². The number of nitrogens with zero attached hydrogens (tertiary/aromatic N) is 2. The van der Waals surface area contributed by atoms with E-state index in [9.17, 15) is 9.59 Å². The van der Waals surface area contributed by atoms with Crippen molar-refractivity contribution in [2.45, 2.75) is 19.4 Å². The molecule has 0 saturated heterocycles. The van der Waals surface area contributed by atoms with Crippen LogP contribution in [0.2, 0.25) is 0 Å². The first-order valence-electron chi connectivity index (χ1n) is 9.82. The van der Waals surface area contributed by atoms with E-state index in [4.69, 9.17) is 5.73 Å². The lowest BCUT2D eigenvalue weighted by atomic mass is 10.1. The standard InChI is InChI=1S/C23H22N6O2/c1-14-9-11-16(12-10-14)25-22(24)29-23-27-19(21(31)28-23)13-20(30)26-18-8-4-6-15-5-2-3-7-17(15)18/h2-12,19H,13H2,1H3,(H,26,30)(H4,24,25,27,28,29,31)/t19-/m1/s1. The summed E-state index contributed by atoms with van der Waals surface area (Å²) in [5.41, 5.74) is 8.48. The highest BCUT2D eigenvalue weighted by molar-refractivity contribution is 6.12. The van der Waals surface area contributed by atoms with Gasteiger partial charge in [-0.05, 0) is 30.5 Å². The van der Waals surface area contributed by atoms with Gasteiger partial charge >= 0.3 is 0 Å². The highest BCUT2D eigenvalue weighted by Crippen LogP contribution is 2.23. The highest BCUT2D eigenvalue weighted by atomic mass is 16.2. The lowest BCUT2D eigenvalue weighted by molar-refractivity contribution is -0.123. The number of hydrogen-bond acceptors (Lipinski definition) is 4. The Morgan fingerprint density at radius 3 is 2.61 bits per heavy atom. The zero-order chi connectivity index (χ0) is 21.8. The Bertz CT molecular complexity index is 1190. The van der Waals surface area contributed by atoms with Gasteiger partial charge in [0, 0.05) is 16.8 Å². The first-order valence-corrected chi connectivity index (χ1v) is 9.82. The van der Waals surface area contributed by atoms with Gasteiger partial charge in [0.05, 0.1) is 6.42 Å². The summed E-state index contributed by atoms with van der Waals surface area (Å²) in [6.45, 7) is 1.99. The number of hydrogen-bond donors (Lipinski definition) is 4. The van der Waals surface area contributed by atoms with E-state index in [1.54, 1.807) is 0 Å². The van der Waals surface area contributed by atoms with E-state index >= 15 is 0 Å². The fourth-order valence-electron chi connectivity index (χ4n) is 3.27. The van der Waals surface area contributed by atoms with Crippen LogP contribution in [0.3, 0.4) is 0 Å². The summed E-state index contributed by atoms with van der Waals surface area (Å²) in [4.78, 5) is 33.0. The summed E-state index contributed by atoms with van der Waals surface area (Å²) < 4.78 is 0.